The Morgan fingerprint density at radius 2 is 1.69 bits per heavy atom. The number of carbonyl (C=O) groups excluding carboxylic acids is 1. The van der Waals surface area contributed by atoms with E-state index in [1.807, 2.05) is 0 Å². The van der Waals surface area contributed by atoms with Gasteiger partial charge in [-0.15, -0.1) is 0 Å². The summed E-state index contributed by atoms with van der Waals surface area (Å²) >= 11 is 0. The number of rotatable bonds is 3. The molecule has 0 saturated heterocycles. The number of amides is 2. The summed E-state index contributed by atoms with van der Waals surface area (Å²) in [4.78, 5) is 12.2. The van der Waals surface area contributed by atoms with Gasteiger partial charge in [0.25, 0.3) is 0 Å². The highest BCUT2D eigenvalue weighted by Crippen LogP contribution is 2.34. The minimum Gasteiger partial charge on any atom is -0.486 e. The molecule has 0 fully saturated rings. The number of carbonyl (C=O) groups is 1. The molecule has 1 aliphatic rings. The van der Waals surface area contributed by atoms with Crippen LogP contribution in [0.2, 0.25) is 0 Å². The fourth-order valence-electron chi connectivity index (χ4n) is 2.56. The molecule has 26 heavy (non-hydrogen) atoms. The molecule has 5 nitrogen and oxygen atoms in total. The van der Waals surface area contributed by atoms with E-state index in [1.165, 1.54) is 0 Å². The van der Waals surface area contributed by atoms with Gasteiger partial charge in [0.1, 0.15) is 13.2 Å². The van der Waals surface area contributed by atoms with Crippen LogP contribution in [0.15, 0.2) is 30.3 Å². The summed E-state index contributed by atoms with van der Waals surface area (Å²) in [6.07, 6.45) is 0. The van der Waals surface area contributed by atoms with Crippen molar-refractivity contribution >= 4 is 11.7 Å². The van der Waals surface area contributed by atoms with Gasteiger partial charge in [-0.05, 0) is 43.7 Å². The van der Waals surface area contributed by atoms with Crippen molar-refractivity contribution in [1.82, 2.24) is 5.32 Å². The predicted molar refractivity (Wildman–Crippen MR) is 88.9 cm³/mol. The van der Waals surface area contributed by atoms with Crippen LogP contribution in [0, 0.1) is 17.5 Å². The third kappa shape index (κ3) is 3.54. The maximum Gasteiger partial charge on any atom is 0.320 e. The zero-order valence-corrected chi connectivity index (χ0v) is 14.2. The molecule has 0 spiro atoms. The summed E-state index contributed by atoms with van der Waals surface area (Å²) in [5, 5.41) is 4.84. The second-order valence-corrected chi connectivity index (χ2v) is 6.29. The van der Waals surface area contributed by atoms with Crippen LogP contribution in [-0.4, -0.2) is 19.2 Å². The molecule has 0 aromatic heterocycles. The maximum absolute atomic E-state index is 13.7. The maximum atomic E-state index is 13.7. The zero-order chi connectivity index (χ0) is 18.9. The van der Waals surface area contributed by atoms with Gasteiger partial charge >= 0.3 is 6.03 Å². The standard InChI is InChI=1S/C18H17F3N2O3/c1-18(2,10-3-6-13-14(9-10)26-8-7-25-13)23-17(24)22-12-5-4-11(19)15(20)16(12)21/h3-6,9H,7-8H2,1-2H3,(H2,22,23,24). The highest BCUT2D eigenvalue weighted by molar-refractivity contribution is 5.90. The van der Waals surface area contributed by atoms with Gasteiger partial charge in [0, 0.05) is 0 Å². The SMILES string of the molecule is CC(C)(NC(=O)Nc1ccc(F)c(F)c1F)c1ccc2c(c1)OCCO2. The summed E-state index contributed by atoms with van der Waals surface area (Å²) in [6.45, 7) is 4.37. The van der Waals surface area contributed by atoms with Gasteiger partial charge in [0.15, 0.2) is 29.0 Å². The quantitative estimate of drug-likeness (QED) is 0.809. The van der Waals surface area contributed by atoms with E-state index in [2.05, 4.69) is 10.6 Å². The van der Waals surface area contributed by atoms with Crippen molar-refractivity contribution in [2.75, 3.05) is 18.5 Å². The van der Waals surface area contributed by atoms with Crippen LogP contribution in [0.4, 0.5) is 23.7 Å². The van der Waals surface area contributed by atoms with Gasteiger partial charge in [-0.1, -0.05) is 6.07 Å². The minimum atomic E-state index is -1.64. The average Bonchev–Trinajstić information content (AvgIpc) is 2.61. The van der Waals surface area contributed by atoms with Crippen molar-refractivity contribution < 1.29 is 27.4 Å². The summed E-state index contributed by atoms with van der Waals surface area (Å²) in [6, 6.07) is 6.17. The lowest BCUT2D eigenvalue weighted by Gasteiger charge is -2.28. The number of ether oxygens (including phenoxy) is 2. The minimum absolute atomic E-state index is 0.431. The molecule has 8 heteroatoms. The number of anilines is 1. The van der Waals surface area contributed by atoms with Crippen LogP contribution in [0.5, 0.6) is 11.5 Å². The van der Waals surface area contributed by atoms with E-state index < -0.39 is 34.7 Å². The molecule has 0 atom stereocenters. The van der Waals surface area contributed by atoms with Crippen LogP contribution in [0.25, 0.3) is 0 Å². The lowest BCUT2D eigenvalue weighted by Crippen LogP contribution is -2.43. The first-order valence-corrected chi connectivity index (χ1v) is 7.91. The Bertz CT molecular complexity index is 856. The summed E-state index contributed by atoms with van der Waals surface area (Å²) in [5.41, 5.74) is -0.586. The Balaban J connectivity index is 1.75. The van der Waals surface area contributed by atoms with Crippen LogP contribution in [0.1, 0.15) is 19.4 Å². The van der Waals surface area contributed by atoms with Crippen LogP contribution in [0.3, 0.4) is 0 Å². The Morgan fingerprint density at radius 3 is 2.42 bits per heavy atom. The van der Waals surface area contributed by atoms with Gasteiger partial charge in [-0.3, -0.25) is 0 Å². The predicted octanol–water partition coefficient (Wildman–Crippen LogP) is 3.93. The molecule has 2 aromatic rings. The fraction of sp³-hybridized carbons (Fsp3) is 0.278. The highest BCUT2D eigenvalue weighted by Gasteiger charge is 2.26. The summed E-state index contributed by atoms with van der Waals surface area (Å²) in [7, 11) is 0. The molecular weight excluding hydrogens is 349 g/mol. The van der Waals surface area contributed by atoms with E-state index in [0.29, 0.717) is 24.7 Å². The van der Waals surface area contributed by atoms with Crippen molar-refractivity contribution in [2.24, 2.45) is 0 Å². The normalized spacial score (nSPS) is 13.3. The molecule has 2 N–H and O–H groups in total. The first-order chi connectivity index (χ1) is 12.3. The zero-order valence-electron chi connectivity index (χ0n) is 14.2. The molecular formula is C18H17F3N2O3. The first kappa shape index (κ1) is 17.9. The van der Waals surface area contributed by atoms with Crippen LogP contribution >= 0.6 is 0 Å². The lowest BCUT2D eigenvalue weighted by atomic mass is 9.94. The molecule has 0 unspecified atom stereocenters. The molecule has 1 aliphatic heterocycles. The van der Waals surface area contributed by atoms with E-state index in [4.69, 9.17) is 9.47 Å². The molecule has 3 rings (SSSR count). The summed E-state index contributed by atoms with van der Waals surface area (Å²) in [5.74, 6) is -3.25. The van der Waals surface area contributed by atoms with Gasteiger partial charge in [-0.25, -0.2) is 18.0 Å². The van der Waals surface area contributed by atoms with E-state index in [-0.39, 0.29) is 0 Å². The van der Waals surface area contributed by atoms with E-state index in [9.17, 15) is 18.0 Å². The molecule has 0 radical (unpaired) electrons. The van der Waals surface area contributed by atoms with Crippen molar-refractivity contribution in [3.63, 3.8) is 0 Å². The van der Waals surface area contributed by atoms with Crippen molar-refractivity contribution in [3.8, 4) is 11.5 Å². The molecule has 1 heterocycles. The Morgan fingerprint density at radius 1 is 1.00 bits per heavy atom. The second kappa shape index (κ2) is 6.78. The number of halogens is 3. The largest absolute Gasteiger partial charge is 0.486 e. The molecule has 0 bridgehead atoms. The number of urea groups is 1. The Kier molecular flexibility index (Phi) is 4.67. The fourth-order valence-corrected chi connectivity index (χ4v) is 2.56. The Labute approximate surface area is 148 Å². The van der Waals surface area contributed by atoms with Crippen LogP contribution in [-0.2, 0) is 5.54 Å². The highest BCUT2D eigenvalue weighted by atomic mass is 19.2. The number of benzene rings is 2. The van der Waals surface area contributed by atoms with Gasteiger partial charge in [0.2, 0.25) is 0 Å². The van der Waals surface area contributed by atoms with Gasteiger partial charge in [0.05, 0.1) is 11.2 Å². The number of fused-ring (bicyclic) bond motifs is 1. The van der Waals surface area contributed by atoms with Crippen molar-refractivity contribution in [1.29, 1.82) is 0 Å². The smallest absolute Gasteiger partial charge is 0.320 e. The summed E-state index contributed by atoms with van der Waals surface area (Å²) < 4.78 is 50.9. The second-order valence-electron chi connectivity index (χ2n) is 6.29. The number of hydrogen-bond acceptors (Lipinski definition) is 3. The number of nitrogens with one attached hydrogen (secondary N) is 2. The van der Waals surface area contributed by atoms with Crippen molar-refractivity contribution in [2.45, 2.75) is 19.4 Å². The van der Waals surface area contributed by atoms with E-state index in [1.54, 1.807) is 32.0 Å². The van der Waals surface area contributed by atoms with Crippen LogP contribution < -0.4 is 20.1 Å². The first-order valence-electron chi connectivity index (χ1n) is 7.91. The van der Waals surface area contributed by atoms with Gasteiger partial charge < -0.3 is 20.1 Å². The average molecular weight is 366 g/mol. The van der Waals surface area contributed by atoms with Gasteiger partial charge in [-0.2, -0.15) is 0 Å². The lowest BCUT2D eigenvalue weighted by molar-refractivity contribution is 0.171. The number of hydrogen-bond donors (Lipinski definition) is 2. The molecule has 0 aliphatic carbocycles. The third-order valence-corrected chi connectivity index (χ3v) is 3.97. The van der Waals surface area contributed by atoms with Crippen molar-refractivity contribution in [3.05, 3.63) is 53.3 Å². The van der Waals surface area contributed by atoms with E-state index in [0.717, 1.165) is 17.7 Å². The monoisotopic (exact) mass is 366 g/mol. The molecule has 138 valence electrons. The molecule has 2 aromatic carbocycles. The molecule has 2 amide bonds. The van der Waals surface area contributed by atoms with E-state index >= 15 is 0 Å². The Hall–Kier alpha value is -2.90. The topological polar surface area (TPSA) is 59.6 Å². The third-order valence-electron chi connectivity index (χ3n) is 3.97. The molecule has 0 saturated carbocycles.